The van der Waals surface area contributed by atoms with Gasteiger partial charge in [-0.2, -0.15) is 0 Å². The number of rotatable bonds is 5. The van der Waals surface area contributed by atoms with E-state index in [-0.39, 0.29) is 36.9 Å². The molecule has 1 rings (SSSR count). The summed E-state index contributed by atoms with van der Waals surface area (Å²) in [6, 6.07) is -0.0740. The summed E-state index contributed by atoms with van der Waals surface area (Å²) < 4.78 is 5.30. The molecule has 0 aromatic heterocycles. The highest BCUT2D eigenvalue weighted by atomic mass is 16.6. The van der Waals surface area contributed by atoms with Crippen molar-refractivity contribution in [3.8, 4) is 0 Å². The number of likely N-dealkylation sites (tertiary alicyclic amines) is 1. The number of hydrogen-bond donors (Lipinski definition) is 2. The van der Waals surface area contributed by atoms with Crippen LogP contribution >= 0.6 is 0 Å². The standard InChI is InChI=1S/C15H25N3O4/c1-5-12(19)16-8-6-13(20)17-11-7-9-18(10-11)14(21)22-15(2,3)4/h5,11H,1,6-10H2,2-4H3,(H,16,19)(H,17,20). The van der Waals surface area contributed by atoms with Crippen LogP contribution in [0.15, 0.2) is 12.7 Å². The Balaban J connectivity index is 2.29. The van der Waals surface area contributed by atoms with E-state index in [9.17, 15) is 14.4 Å². The quantitative estimate of drug-likeness (QED) is 0.735. The van der Waals surface area contributed by atoms with Gasteiger partial charge in [0.1, 0.15) is 5.60 Å². The zero-order valence-corrected chi connectivity index (χ0v) is 13.5. The van der Waals surface area contributed by atoms with Crippen LogP contribution in [-0.2, 0) is 14.3 Å². The molecule has 124 valence electrons. The smallest absolute Gasteiger partial charge is 0.410 e. The number of carbonyl (C=O) groups is 3. The topological polar surface area (TPSA) is 87.7 Å². The molecule has 3 amide bonds. The summed E-state index contributed by atoms with van der Waals surface area (Å²) in [4.78, 5) is 36.2. The maximum atomic E-state index is 11.9. The molecule has 0 aliphatic carbocycles. The molecule has 0 aromatic carbocycles. The third-order valence-corrected chi connectivity index (χ3v) is 3.04. The molecule has 0 radical (unpaired) electrons. The minimum atomic E-state index is -0.526. The monoisotopic (exact) mass is 311 g/mol. The summed E-state index contributed by atoms with van der Waals surface area (Å²) in [7, 11) is 0. The molecule has 1 aliphatic rings. The Labute approximate surface area is 131 Å². The second-order valence-corrected chi connectivity index (χ2v) is 6.22. The molecule has 1 aliphatic heterocycles. The molecule has 0 saturated carbocycles. The summed E-state index contributed by atoms with van der Waals surface area (Å²) in [5, 5.41) is 5.39. The minimum Gasteiger partial charge on any atom is -0.444 e. The Kier molecular flexibility index (Phi) is 6.39. The van der Waals surface area contributed by atoms with Crippen LogP contribution in [0.25, 0.3) is 0 Å². The van der Waals surface area contributed by atoms with Crippen LogP contribution in [0.2, 0.25) is 0 Å². The molecular weight excluding hydrogens is 286 g/mol. The number of amides is 3. The molecular formula is C15H25N3O4. The van der Waals surface area contributed by atoms with Crippen LogP contribution in [0.4, 0.5) is 4.79 Å². The predicted molar refractivity (Wildman–Crippen MR) is 82.2 cm³/mol. The van der Waals surface area contributed by atoms with Gasteiger partial charge in [-0.05, 0) is 33.3 Å². The first kappa shape index (κ1) is 18.0. The summed E-state index contributed by atoms with van der Waals surface area (Å²) >= 11 is 0. The lowest BCUT2D eigenvalue weighted by molar-refractivity contribution is -0.121. The first-order valence-corrected chi connectivity index (χ1v) is 7.39. The fourth-order valence-electron chi connectivity index (χ4n) is 2.04. The number of hydrogen-bond acceptors (Lipinski definition) is 4. The van der Waals surface area contributed by atoms with E-state index in [0.29, 0.717) is 19.5 Å². The SMILES string of the molecule is C=CC(=O)NCCC(=O)NC1CCN(C(=O)OC(C)(C)C)C1. The van der Waals surface area contributed by atoms with Crippen LogP contribution in [-0.4, -0.2) is 54.1 Å². The van der Waals surface area contributed by atoms with Gasteiger partial charge in [0, 0.05) is 32.1 Å². The molecule has 22 heavy (non-hydrogen) atoms. The number of ether oxygens (including phenoxy) is 1. The molecule has 1 atom stereocenters. The molecule has 1 heterocycles. The van der Waals surface area contributed by atoms with Gasteiger partial charge in [-0.15, -0.1) is 0 Å². The van der Waals surface area contributed by atoms with E-state index in [0.717, 1.165) is 6.08 Å². The van der Waals surface area contributed by atoms with E-state index >= 15 is 0 Å². The molecule has 0 aromatic rings. The Morgan fingerprint density at radius 3 is 2.64 bits per heavy atom. The van der Waals surface area contributed by atoms with Crippen molar-refractivity contribution in [2.45, 2.75) is 45.3 Å². The average molecular weight is 311 g/mol. The first-order chi connectivity index (χ1) is 10.2. The van der Waals surface area contributed by atoms with E-state index < -0.39 is 5.60 Å². The van der Waals surface area contributed by atoms with Crippen molar-refractivity contribution in [2.24, 2.45) is 0 Å². The number of carbonyl (C=O) groups excluding carboxylic acids is 3. The van der Waals surface area contributed by atoms with Crippen molar-refractivity contribution in [2.75, 3.05) is 19.6 Å². The lowest BCUT2D eigenvalue weighted by atomic mass is 10.2. The van der Waals surface area contributed by atoms with Crippen molar-refractivity contribution < 1.29 is 19.1 Å². The van der Waals surface area contributed by atoms with Crippen molar-refractivity contribution in [3.05, 3.63) is 12.7 Å². The molecule has 1 fully saturated rings. The summed E-state index contributed by atoms with van der Waals surface area (Å²) in [5.74, 6) is -0.454. The van der Waals surface area contributed by atoms with E-state index in [1.165, 1.54) is 0 Å². The Hall–Kier alpha value is -2.05. The lowest BCUT2D eigenvalue weighted by Gasteiger charge is -2.24. The highest BCUT2D eigenvalue weighted by Crippen LogP contribution is 2.15. The van der Waals surface area contributed by atoms with E-state index in [2.05, 4.69) is 17.2 Å². The molecule has 1 saturated heterocycles. The molecule has 7 nitrogen and oxygen atoms in total. The molecule has 0 bridgehead atoms. The summed E-state index contributed by atoms with van der Waals surface area (Å²) in [6.07, 6.45) is 1.70. The zero-order valence-electron chi connectivity index (χ0n) is 13.5. The summed E-state index contributed by atoms with van der Waals surface area (Å²) in [6.45, 7) is 10.1. The largest absolute Gasteiger partial charge is 0.444 e. The Morgan fingerprint density at radius 1 is 1.36 bits per heavy atom. The van der Waals surface area contributed by atoms with Crippen LogP contribution in [0.1, 0.15) is 33.6 Å². The maximum absolute atomic E-state index is 11.9. The Bertz CT molecular complexity index is 443. The fraction of sp³-hybridized carbons (Fsp3) is 0.667. The van der Waals surface area contributed by atoms with Crippen molar-refractivity contribution in [1.82, 2.24) is 15.5 Å². The van der Waals surface area contributed by atoms with Crippen molar-refractivity contribution in [3.63, 3.8) is 0 Å². The highest BCUT2D eigenvalue weighted by Gasteiger charge is 2.30. The van der Waals surface area contributed by atoms with Gasteiger partial charge in [0.2, 0.25) is 11.8 Å². The van der Waals surface area contributed by atoms with Gasteiger partial charge in [0.15, 0.2) is 0 Å². The second-order valence-electron chi connectivity index (χ2n) is 6.22. The lowest BCUT2D eigenvalue weighted by Crippen LogP contribution is -2.41. The highest BCUT2D eigenvalue weighted by molar-refractivity contribution is 5.87. The number of nitrogens with one attached hydrogen (secondary N) is 2. The van der Waals surface area contributed by atoms with E-state index in [4.69, 9.17) is 4.74 Å². The van der Waals surface area contributed by atoms with E-state index in [1.54, 1.807) is 4.90 Å². The van der Waals surface area contributed by atoms with E-state index in [1.807, 2.05) is 20.8 Å². The van der Waals surface area contributed by atoms with Gasteiger partial charge in [-0.3, -0.25) is 9.59 Å². The fourth-order valence-corrected chi connectivity index (χ4v) is 2.04. The van der Waals surface area contributed by atoms with Crippen LogP contribution in [0.5, 0.6) is 0 Å². The molecule has 1 unspecified atom stereocenters. The van der Waals surface area contributed by atoms with Crippen molar-refractivity contribution >= 4 is 17.9 Å². The zero-order chi connectivity index (χ0) is 16.8. The predicted octanol–water partition coefficient (Wildman–Crippen LogP) is 0.804. The third kappa shape index (κ3) is 6.60. The normalized spacial score (nSPS) is 17.8. The van der Waals surface area contributed by atoms with Gasteiger partial charge < -0.3 is 20.3 Å². The third-order valence-electron chi connectivity index (χ3n) is 3.04. The van der Waals surface area contributed by atoms with Crippen molar-refractivity contribution in [1.29, 1.82) is 0 Å². The molecule has 0 spiro atoms. The van der Waals surface area contributed by atoms with Gasteiger partial charge >= 0.3 is 6.09 Å². The van der Waals surface area contributed by atoms with Gasteiger partial charge in [-0.1, -0.05) is 6.58 Å². The first-order valence-electron chi connectivity index (χ1n) is 7.39. The second kappa shape index (κ2) is 7.82. The molecule has 2 N–H and O–H groups in total. The van der Waals surface area contributed by atoms with Crippen LogP contribution < -0.4 is 10.6 Å². The minimum absolute atomic E-state index is 0.0740. The average Bonchev–Trinajstić information content (AvgIpc) is 2.85. The van der Waals surface area contributed by atoms with Crippen LogP contribution in [0, 0.1) is 0 Å². The molecule has 7 heteroatoms. The number of nitrogens with zero attached hydrogens (tertiary/aromatic N) is 1. The maximum Gasteiger partial charge on any atom is 0.410 e. The van der Waals surface area contributed by atoms with Gasteiger partial charge in [0.25, 0.3) is 0 Å². The summed E-state index contributed by atoms with van der Waals surface area (Å²) in [5.41, 5.74) is -0.526. The van der Waals surface area contributed by atoms with Gasteiger partial charge in [0.05, 0.1) is 0 Å². The van der Waals surface area contributed by atoms with Crippen LogP contribution in [0.3, 0.4) is 0 Å². The van der Waals surface area contributed by atoms with Gasteiger partial charge in [-0.25, -0.2) is 4.79 Å². The Morgan fingerprint density at radius 2 is 2.05 bits per heavy atom.